The maximum Gasteiger partial charge on any atom is 0.225 e. The lowest BCUT2D eigenvalue weighted by molar-refractivity contribution is -0.134. The summed E-state index contributed by atoms with van der Waals surface area (Å²) in [5.41, 5.74) is 0. The third-order valence-corrected chi connectivity index (χ3v) is 2.65. The molecule has 0 aliphatic carbocycles. The Balaban J connectivity index is 2.32. The molecule has 0 saturated carbocycles. The molecule has 1 saturated heterocycles. The zero-order valence-electron chi connectivity index (χ0n) is 8.90. The Morgan fingerprint density at radius 2 is 2.43 bits per heavy atom. The number of β-amino-alcohol motifs (C(OH)–C–C–N with tert-alkyl or cyclic N) is 1. The van der Waals surface area contributed by atoms with E-state index in [0.29, 0.717) is 26.1 Å². The normalized spacial score (nSPS) is 23.9. The van der Waals surface area contributed by atoms with Crippen LogP contribution in [-0.2, 0) is 9.53 Å². The van der Waals surface area contributed by atoms with Crippen molar-refractivity contribution >= 4 is 5.91 Å². The number of nitrogens with zero attached hydrogens (tertiary/aromatic N) is 1. The number of aliphatic hydroxyl groups is 1. The number of likely N-dealkylation sites (tertiary alicyclic amines) is 1. The van der Waals surface area contributed by atoms with Crippen LogP contribution in [0.15, 0.2) is 0 Å². The van der Waals surface area contributed by atoms with Crippen molar-refractivity contribution in [2.75, 3.05) is 26.8 Å². The molecule has 1 aliphatic heterocycles. The molecule has 14 heavy (non-hydrogen) atoms. The number of carbonyl (C=O) groups is 1. The third-order valence-electron chi connectivity index (χ3n) is 2.65. The third kappa shape index (κ3) is 2.96. The molecule has 4 nitrogen and oxygen atoms in total. The van der Waals surface area contributed by atoms with Crippen LogP contribution in [0.2, 0.25) is 0 Å². The lowest BCUT2D eigenvalue weighted by Crippen LogP contribution is -2.34. The summed E-state index contributed by atoms with van der Waals surface area (Å²) < 4.78 is 4.93. The van der Waals surface area contributed by atoms with Crippen molar-refractivity contribution in [1.29, 1.82) is 0 Å². The molecule has 0 aromatic heterocycles. The van der Waals surface area contributed by atoms with Crippen molar-refractivity contribution in [1.82, 2.24) is 4.90 Å². The van der Waals surface area contributed by atoms with E-state index in [1.54, 1.807) is 12.0 Å². The smallest absolute Gasteiger partial charge is 0.225 e. The molecule has 0 spiro atoms. The van der Waals surface area contributed by atoms with E-state index < -0.39 is 0 Å². The summed E-state index contributed by atoms with van der Waals surface area (Å²) in [6.07, 6.45) is 1.14. The Morgan fingerprint density at radius 3 is 2.93 bits per heavy atom. The molecule has 1 heterocycles. The summed E-state index contributed by atoms with van der Waals surface area (Å²) in [7, 11) is 1.64. The van der Waals surface area contributed by atoms with Crippen molar-refractivity contribution in [2.24, 2.45) is 5.92 Å². The van der Waals surface area contributed by atoms with Crippen molar-refractivity contribution in [3.8, 4) is 0 Å². The quantitative estimate of drug-likeness (QED) is 0.709. The van der Waals surface area contributed by atoms with Gasteiger partial charge in [-0.2, -0.15) is 0 Å². The molecule has 0 aromatic rings. The monoisotopic (exact) mass is 201 g/mol. The summed E-state index contributed by atoms with van der Waals surface area (Å²) in [4.78, 5) is 13.5. The molecule has 1 amide bonds. The Bertz CT molecular complexity index is 196. The minimum absolute atomic E-state index is 0.000231. The van der Waals surface area contributed by atoms with Gasteiger partial charge in [-0.1, -0.05) is 6.92 Å². The van der Waals surface area contributed by atoms with Gasteiger partial charge in [0.15, 0.2) is 0 Å². The average molecular weight is 201 g/mol. The number of methoxy groups -OCH3 is 1. The van der Waals surface area contributed by atoms with Crippen molar-refractivity contribution in [3.63, 3.8) is 0 Å². The van der Waals surface area contributed by atoms with Gasteiger partial charge in [0.1, 0.15) is 0 Å². The molecule has 1 aliphatic rings. The number of ether oxygens (including phenoxy) is 1. The Kier molecular flexibility index (Phi) is 4.35. The lowest BCUT2D eigenvalue weighted by atomic mass is 10.1. The SMILES string of the molecule is COCCC(C)C(=O)N1CC[C@@H](O)C1. The standard InChI is InChI=1S/C10H19NO3/c1-8(4-6-14-2)10(13)11-5-3-9(12)7-11/h8-9,12H,3-7H2,1-2H3/t8?,9-/m1/s1. The zero-order chi connectivity index (χ0) is 10.6. The maximum absolute atomic E-state index is 11.8. The van der Waals surface area contributed by atoms with Gasteiger partial charge in [0.05, 0.1) is 6.10 Å². The number of rotatable bonds is 4. The van der Waals surface area contributed by atoms with Gasteiger partial charge in [-0.3, -0.25) is 4.79 Å². The predicted molar refractivity (Wildman–Crippen MR) is 52.9 cm³/mol. The van der Waals surface area contributed by atoms with E-state index in [-0.39, 0.29) is 17.9 Å². The minimum Gasteiger partial charge on any atom is -0.391 e. The molecule has 0 radical (unpaired) electrons. The first-order valence-electron chi connectivity index (χ1n) is 5.11. The molecule has 2 atom stereocenters. The van der Waals surface area contributed by atoms with Crippen LogP contribution in [-0.4, -0.2) is 48.8 Å². The molecule has 0 bridgehead atoms. The van der Waals surface area contributed by atoms with Crippen LogP contribution in [0.1, 0.15) is 19.8 Å². The van der Waals surface area contributed by atoms with E-state index in [4.69, 9.17) is 4.74 Å². The van der Waals surface area contributed by atoms with E-state index >= 15 is 0 Å². The number of amides is 1. The molecule has 82 valence electrons. The van der Waals surface area contributed by atoms with E-state index in [1.807, 2.05) is 6.92 Å². The highest BCUT2D eigenvalue weighted by atomic mass is 16.5. The Morgan fingerprint density at radius 1 is 1.71 bits per heavy atom. The highest BCUT2D eigenvalue weighted by Crippen LogP contribution is 2.14. The molecule has 0 aromatic carbocycles. The molecular weight excluding hydrogens is 182 g/mol. The minimum atomic E-state index is -0.325. The van der Waals surface area contributed by atoms with E-state index in [2.05, 4.69) is 0 Å². The van der Waals surface area contributed by atoms with Gasteiger partial charge in [-0.25, -0.2) is 0 Å². The van der Waals surface area contributed by atoms with Crippen molar-refractivity contribution in [2.45, 2.75) is 25.9 Å². The summed E-state index contributed by atoms with van der Waals surface area (Å²) in [5, 5.41) is 9.29. The van der Waals surface area contributed by atoms with Gasteiger partial charge >= 0.3 is 0 Å². The number of aliphatic hydroxyl groups excluding tert-OH is 1. The molecule has 1 rings (SSSR count). The Hall–Kier alpha value is -0.610. The number of hydrogen-bond acceptors (Lipinski definition) is 3. The maximum atomic E-state index is 11.8. The van der Waals surface area contributed by atoms with E-state index in [9.17, 15) is 9.90 Å². The highest BCUT2D eigenvalue weighted by molar-refractivity contribution is 5.78. The fraction of sp³-hybridized carbons (Fsp3) is 0.900. The van der Waals surface area contributed by atoms with Gasteiger partial charge in [0, 0.05) is 32.7 Å². The van der Waals surface area contributed by atoms with Crippen molar-refractivity contribution < 1.29 is 14.6 Å². The fourth-order valence-corrected chi connectivity index (χ4v) is 1.67. The first kappa shape index (κ1) is 11.5. The van der Waals surface area contributed by atoms with Crippen LogP contribution in [0.4, 0.5) is 0 Å². The van der Waals surface area contributed by atoms with Crippen LogP contribution < -0.4 is 0 Å². The fourth-order valence-electron chi connectivity index (χ4n) is 1.67. The molecule has 1 fully saturated rings. The van der Waals surface area contributed by atoms with Crippen molar-refractivity contribution in [3.05, 3.63) is 0 Å². The van der Waals surface area contributed by atoms with Gasteiger partial charge in [0.25, 0.3) is 0 Å². The first-order valence-corrected chi connectivity index (χ1v) is 5.11. The van der Waals surface area contributed by atoms with Crippen LogP contribution in [0, 0.1) is 5.92 Å². The molecule has 4 heteroatoms. The first-order chi connectivity index (χ1) is 6.65. The largest absolute Gasteiger partial charge is 0.391 e. The topological polar surface area (TPSA) is 49.8 Å². The van der Waals surface area contributed by atoms with Crippen LogP contribution in [0.25, 0.3) is 0 Å². The summed E-state index contributed by atoms with van der Waals surface area (Å²) in [5.74, 6) is 0.138. The number of carbonyl (C=O) groups excluding carboxylic acids is 1. The predicted octanol–water partition coefficient (Wildman–Crippen LogP) is 0.252. The number of hydrogen-bond donors (Lipinski definition) is 1. The average Bonchev–Trinajstić information content (AvgIpc) is 2.60. The van der Waals surface area contributed by atoms with E-state index in [0.717, 1.165) is 6.42 Å². The second kappa shape index (κ2) is 5.32. The van der Waals surface area contributed by atoms with Gasteiger partial charge in [-0.15, -0.1) is 0 Å². The molecule has 1 N–H and O–H groups in total. The summed E-state index contributed by atoms with van der Waals surface area (Å²) in [6.45, 7) is 3.71. The van der Waals surface area contributed by atoms with Gasteiger partial charge < -0.3 is 14.7 Å². The van der Waals surface area contributed by atoms with Crippen LogP contribution >= 0.6 is 0 Å². The van der Waals surface area contributed by atoms with E-state index in [1.165, 1.54) is 0 Å². The zero-order valence-corrected chi connectivity index (χ0v) is 8.90. The second-order valence-electron chi connectivity index (χ2n) is 3.91. The highest BCUT2D eigenvalue weighted by Gasteiger charge is 2.27. The lowest BCUT2D eigenvalue weighted by Gasteiger charge is -2.20. The second-order valence-corrected chi connectivity index (χ2v) is 3.91. The molecule has 1 unspecified atom stereocenters. The molecular formula is C10H19NO3. The Labute approximate surface area is 84.8 Å². The van der Waals surface area contributed by atoms with Crippen LogP contribution in [0.3, 0.4) is 0 Å². The summed E-state index contributed by atoms with van der Waals surface area (Å²) >= 11 is 0. The summed E-state index contributed by atoms with van der Waals surface area (Å²) in [6, 6.07) is 0. The van der Waals surface area contributed by atoms with Gasteiger partial charge in [-0.05, 0) is 12.8 Å². The van der Waals surface area contributed by atoms with Gasteiger partial charge in [0.2, 0.25) is 5.91 Å². The van der Waals surface area contributed by atoms with Crippen LogP contribution in [0.5, 0.6) is 0 Å².